The molecule has 0 atom stereocenters. The van der Waals surface area contributed by atoms with Gasteiger partial charge in [-0.2, -0.15) is 0 Å². The summed E-state index contributed by atoms with van der Waals surface area (Å²) in [5, 5.41) is 3.89. The van der Waals surface area contributed by atoms with Gasteiger partial charge in [-0.3, -0.25) is 4.79 Å². The van der Waals surface area contributed by atoms with Gasteiger partial charge in [0.25, 0.3) is 5.91 Å². The van der Waals surface area contributed by atoms with E-state index < -0.39 is 5.91 Å². The minimum absolute atomic E-state index is 0.228. The van der Waals surface area contributed by atoms with Crippen molar-refractivity contribution in [3.63, 3.8) is 0 Å². The number of ether oxygens (including phenoxy) is 1. The largest absolute Gasteiger partial charge is 0.486 e. The molecule has 0 aliphatic heterocycles. The van der Waals surface area contributed by atoms with Gasteiger partial charge in [-0.05, 0) is 30.3 Å². The van der Waals surface area contributed by atoms with Gasteiger partial charge in [-0.25, -0.2) is 4.98 Å². The Kier molecular flexibility index (Phi) is 5.04. The summed E-state index contributed by atoms with van der Waals surface area (Å²) in [7, 11) is 0. The minimum Gasteiger partial charge on any atom is -0.486 e. The molecule has 0 fully saturated rings. The monoisotopic (exact) mass is 378 g/mol. The zero-order chi connectivity index (χ0) is 17.1. The Morgan fingerprint density at radius 3 is 2.54 bits per heavy atom. The third-order valence-corrected chi connectivity index (χ3v) is 4.65. The Morgan fingerprint density at radius 2 is 1.83 bits per heavy atom. The Morgan fingerprint density at radius 1 is 1.12 bits per heavy atom. The number of benzene rings is 2. The molecule has 3 rings (SSSR count). The molecule has 122 valence electrons. The summed E-state index contributed by atoms with van der Waals surface area (Å²) in [5.41, 5.74) is 7.33. The first-order valence-electron chi connectivity index (χ1n) is 6.95. The van der Waals surface area contributed by atoms with Gasteiger partial charge >= 0.3 is 0 Å². The lowest BCUT2D eigenvalue weighted by Gasteiger charge is -2.08. The Balaban J connectivity index is 1.74. The van der Waals surface area contributed by atoms with E-state index in [2.05, 4.69) is 4.98 Å². The molecule has 3 aromatic rings. The van der Waals surface area contributed by atoms with E-state index in [1.165, 1.54) is 17.4 Å². The number of rotatable bonds is 5. The highest BCUT2D eigenvalue weighted by Crippen LogP contribution is 2.27. The topological polar surface area (TPSA) is 65.2 Å². The SMILES string of the molecule is NC(=O)c1cc(Cl)ccc1OCc1csc(-c2ccc(Cl)cc2)n1. The molecule has 1 heterocycles. The molecule has 0 aliphatic carbocycles. The molecule has 4 nitrogen and oxygen atoms in total. The Hall–Kier alpha value is -2.08. The van der Waals surface area contributed by atoms with Gasteiger partial charge in [0.15, 0.2) is 0 Å². The van der Waals surface area contributed by atoms with Crippen LogP contribution in [-0.2, 0) is 6.61 Å². The van der Waals surface area contributed by atoms with E-state index in [1.807, 2.05) is 29.6 Å². The van der Waals surface area contributed by atoms with Crippen molar-refractivity contribution in [1.29, 1.82) is 0 Å². The molecule has 0 spiro atoms. The lowest BCUT2D eigenvalue weighted by molar-refractivity contribution is 0.0996. The molecule has 0 saturated carbocycles. The van der Waals surface area contributed by atoms with Crippen LogP contribution in [0, 0.1) is 0 Å². The van der Waals surface area contributed by atoms with Crippen LogP contribution in [0.5, 0.6) is 5.75 Å². The van der Waals surface area contributed by atoms with Crippen molar-refractivity contribution in [3.05, 3.63) is 69.1 Å². The summed E-state index contributed by atoms with van der Waals surface area (Å²) in [6.45, 7) is 0.228. The third kappa shape index (κ3) is 3.87. The average Bonchev–Trinajstić information content (AvgIpc) is 3.03. The first-order chi connectivity index (χ1) is 11.5. The van der Waals surface area contributed by atoms with Crippen molar-refractivity contribution in [1.82, 2.24) is 4.98 Å². The summed E-state index contributed by atoms with van der Waals surface area (Å²) in [4.78, 5) is 16.0. The lowest BCUT2D eigenvalue weighted by Crippen LogP contribution is -2.13. The Labute approximate surface area is 152 Å². The van der Waals surface area contributed by atoms with Gasteiger partial charge in [0.2, 0.25) is 0 Å². The zero-order valence-electron chi connectivity index (χ0n) is 12.3. The first-order valence-corrected chi connectivity index (χ1v) is 8.59. The molecule has 24 heavy (non-hydrogen) atoms. The number of halogens is 2. The van der Waals surface area contributed by atoms with E-state index in [0.717, 1.165) is 16.3 Å². The maximum absolute atomic E-state index is 11.5. The highest BCUT2D eigenvalue weighted by atomic mass is 35.5. The fraction of sp³-hybridized carbons (Fsp3) is 0.0588. The summed E-state index contributed by atoms with van der Waals surface area (Å²) < 4.78 is 5.67. The smallest absolute Gasteiger partial charge is 0.252 e. The number of carbonyl (C=O) groups excluding carboxylic acids is 1. The second-order valence-corrected chi connectivity index (χ2v) is 6.68. The summed E-state index contributed by atoms with van der Waals surface area (Å²) in [5.74, 6) is -0.208. The van der Waals surface area contributed by atoms with Crippen molar-refractivity contribution >= 4 is 40.4 Å². The molecule has 1 amide bonds. The van der Waals surface area contributed by atoms with Crippen molar-refractivity contribution in [2.75, 3.05) is 0 Å². The van der Waals surface area contributed by atoms with E-state index in [-0.39, 0.29) is 12.2 Å². The molecule has 1 aromatic heterocycles. The van der Waals surface area contributed by atoms with Crippen molar-refractivity contribution in [2.45, 2.75) is 6.61 Å². The van der Waals surface area contributed by atoms with Gasteiger partial charge in [0.05, 0.1) is 11.3 Å². The summed E-state index contributed by atoms with van der Waals surface area (Å²) in [6, 6.07) is 12.2. The molecule has 0 saturated heterocycles. The molecular weight excluding hydrogens is 367 g/mol. The molecular formula is C17H12Cl2N2O2S. The Bertz CT molecular complexity index is 879. The van der Waals surface area contributed by atoms with Crippen molar-refractivity contribution in [2.24, 2.45) is 5.73 Å². The van der Waals surface area contributed by atoms with Crippen LogP contribution in [0.3, 0.4) is 0 Å². The maximum Gasteiger partial charge on any atom is 0.252 e. The number of thiazole rings is 1. The van der Waals surface area contributed by atoms with Crippen LogP contribution in [-0.4, -0.2) is 10.9 Å². The van der Waals surface area contributed by atoms with Crippen molar-refractivity contribution < 1.29 is 9.53 Å². The molecule has 0 aliphatic rings. The second-order valence-electron chi connectivity index (χ2n) is 4.94. The minimum atomic E-state index is -0.590. The van der Waals surface area contributed by atoms with Gasteiger partial charge in [-0.1, -0.05) is 35.3 Å². The van der Waals surface area contributed by atoms with Gasteiger partial charge < -0.3 is 10.5 Å². The predicted octanol–water partition coefficient (Wildman–Crippen LogP) is 4.79. The summed E-state index contributed by atoms with van der Waals surface area (Å²) in [6.07, 6.45) is 0. The highest BCUT2D eigenvalue weighted by Gasteiger charge is 2.12. The normalized spacial score (nSPS) is 10.6. The van der Waals surface area contributed by atoms with Gasteiger partial charge in [-0.15, -0.1) is 11.3 Å². The third-order valence-electron chi connectivity index (χ3n) is 3.23. The van der Waals surface area contributed by atoms with Crippen LogP contribution >= 0.6 is 34.5 Å². The predicted molar refractivity (Wildman–Crippen MR) is 96.9 cm³/mol. The molecule has 2 N–H and O–H groups in total. The number of nitrogens with zero attached hydrogens (tertiary/aromatic N) is 1. The number of aromatic nitrogens is 1. The fourth-order valence-electron chi connectivity index (χ4n) is 2.07. The molecule has 7 heteroatoms. The van der Waals surface area contributed by atoms with Crippen LogP contribution in [0.25, 0.3) is 10.6 Å². The quantitative estimate of drug-likeness (QED) is 0.693. The first kappa shape index (κ1) is 16.8. The maximum atomic E-state index is 11.5. The van der Waals surface area contributed by atoms with Crippen LogP contribution < -0.4 is 10.5 Å². The van der Waals surface area contributed by atoms with Crippen molar-refractivity contribution in [3.8, 4) is 16.3 Å². The van der Waals surface area contributed by atoms with Crippen LogP contribution in [0.2, 0.25) is 10.0 Å². The van der Waals surface area contributed by atoms with Crippen LogP contribution in [0.15, 0.2) is 47.8 Å². The second kappa shape index (κ2) is 7.21. The molecule has 0 bridgehead atoms. The number of nitrogens with two attached hydrogens (primary N) is 1. The standard InChI is InChI=1S/C17H12Cl2N2O2S/c18-11-3-1-10(2-4-11)17-21-13(9-24-17)8-23-15-6-5-12(19)7-14(15)16(20)22/h1-7,9H,8H2,(H2,20,22). The van der Waals surface area contributed by atoms with Gasteiger partial charge in [0.1, 0.15) is 17.4 Å². The van der Waals surface area contributed by atoms with E-state index in [9.17, 15) is 4.79 Å². The van der Waals surface area contributed by atoms with Gasteiger partial charge in [0, 0.05) is 21.0 Å². The number of primary amides is 1. The molecule has 0 radical (unpaired) electrons. The fourth-order valence-corrected chi connectivity index (χ4v) is 3.18. The van der Waals surface area contributed by atoms with Crippen LogP contribution in [0.1, 0.15) is 16.1 Å². The van der Waals surface area contributed by atoms with E-state index >= 15 is 0 Å². The van der Waals surface area contributed by atoms with E-state index in [4.69, 9.17) is 33.7 Å². The average molecular weight is 379 g/mol. The number of hydrogen-bond acceptors (Lipinski definition) is 4. The van der Waals surface area contributed by atoms with E-state index in [0.29, 0.717) is 15.8 Å². The number of amides is 1. The van der Waals surface area contributed by atoms with Crippen LogP contribution in [0.4, 0.5) is 0 Å². The van der Waals surface area contributed by atoms with E-state index in [1.54, 1.807) is 12.1 Å². The highest BCUT2D eigenvalue weighted by molar-refractivity contribution is 7.13. The molecule has 2 aromatic carbocycles. The number of hydrogen-bond donors (Lipinski definition) is 1. The molecule has 0 unspecified atom stereocenters. The summed E-state index contributed by atoms with van der Waals surface area (Å²) >= 11 is 13.3. The lowest BCUT2D eigenvalue weighted by atomic mass is 10.2. The zero-order valence-corrected chi connectivity index (χ0v) is 14.7. The number of carbonyl (C=O) groups is 1.